The standard InChI is InChI=1S/C23H17I2NO2S2/c1-2-26-22(27)20(30-23(26)29)12-15-10-18(24)21(19(25)11-15)28-13-14-7-8-16-5-3-4-6-17(16)9-14/h3-12H,2,13H2,1H3/b20-12-. The van der Waals surface area contributed by atoms with E-state index < -0.39 is 0 Å². The van der Waals surface area contributed by atoms with E-state index in [-0.39, 0.29) is 5.91 Å². The Hall–Kier alpha value is -1.17. The highest BCUT2D eigenvalue weighted by Crippen LogP contribution is 2.35. The highest BCUT2D eigenvalue weighted by molar-refractivity contribution is 14.1. The molecule has 3 nitrogen and oxygen atoms in total. The van der Waals surface area contributed by atoms with Crippen LogP contribution in [0.3, 0.4) is 0 Å². The van der Waals surface area contributed by atoms with Gasteiger partial charge in [0.2, 0.25) is 0 Å². The second-order valence-corrected chi connectivity index (χ2v) is 10.7. The van der Waals surface area contributed by atoms with Crippen LogP contribution in [0.1, 0.15) is 18.1 Å². The van der Waals surface area contributed by atoms with Crippen molar-refractivity contribution < 1.29 is 9.53 Å². The lowest BCUT2D eigenvalue weighted by Gasteiger charge is -2.12. The predicted molar refractivity (Wildman–Crippen MR) is 146 cm³/mol. The van der Waals surface area contributed by atoms with Crippen molar-refractivity contribution in [1.29, 1.82) is 0 Å². The summed E-state index contributed by atoms with van der Waals surface area (Å²) in [5.41, 5.74) is 2.10. The predicted octanol–water partition coefficient (Wildman–Crippen LogP) is 6.85. The SMILES string of the molecule is CCN1C(=O)/C(=C/c2cc(I)c(OCc3ccc4ccccc4c3)c(I)c2)SC1=S. The molecule has 0 atom stereocenters. The zero-order valence-corrected chi connectivity index (χ0v) is 22.0. The molecular weight excluding hydrogens is 640 g/mol. The van der Waals surface area contributed by atoms with Crippen molar-refractivity contribution in [3.63, 3.8) is 0 Å². The van der Waals surface area contributed by atoms with Gasteiger partial charge in [-0.05, 0) is 98.3 Å². The van der Waals surface area contributed by atoms with E-state index in [4.69, 9.17) is 17.0 Å². The van der Waals surface area contributed by atoms with Gasteiger partial charge in [0.25, 0.3) is 5.91 Å². The number of hydrogen-bond acceptors (Lipinski definition) is 4. The Morgan fingerprint density at radius 3 is 2.43 bits per heavy atom. The molecule has 4 rings (SSSR count). The molecule has 0 unspecified atom stereocenters. The first-order valence-electron chi connectivity index (χ1n) is 9.31. The molecule has 1 aliphatic rings. The third-order valence-corrected chi connectivity index (χ3v) is 7.69. The van der Waals surface area contributed by atoms with Gasteiger partial charge in [-0.25, -0.2) is 0 Å². The van der Waals surface area contributed by atoms with Gasteiger partial charge in [0.1, 0.15) is 16.7 Å². The van der Waals surface area contributed by atoms with Crippen molar-refractivity contribution in [3.05, 3.63) is 77.8 Å². The first-order valence-corrected chi connectivity index (χ1v) is 12.7. The third kappa shape index (κ3) is 4.68. The maximum absolute atomic E-state index is 12.5. The monoisotopic (exact) mass is 657 g/mol. The van der Waals surface area contributed by atoms with Gasteiger partial charge in [-0.2, -0.15) is 0 Å². The smallest absolute Gasteiger partial charge is 0.266 e. The number of thiocarbonyl (C=S) groups is 1. The Labute approximate surface area is 212 Å². The van der Waals surface area contributed by atoms with E-state index in [1.807, 2.05) is 37.3 Å². The molecule has 0 aliphatic carbocycles. The fourth-order valence-electron chi connectivity index (χ4n) is 3.21. The van der Waals surface area contributed by atoms with Crippen molar-refractivity contribution in [2.24, 2.45) is 0 Å². The summed E-state index contributed by atoms with van der Waals surface area (Å²) in [6.45, 7) is 3.03. The topological polar surface area (TPSA) is 29.5 Å². The van der Waals surface area contributed by atoms with Gasteiger partial charge in [-0.3, -0.25) is 9.69 Å². The van der Waals surface area contributed by atoms with Gasteiger partial charge in [0.05, 0.1) is 12.0 Å². The normalized spacial score (nSPS) is 15.4. The van der Waals surface area contributed by atoms with Crippen LogP contribution in [0.4, 0.5) is 0 Å². The first-order chi connectivity index (χ1) is 14.5. The second-order valence-electron chi connectivity index (χ2n) is 6.71. The summed E-state index contributed by atoms with van der Waals surface area (Å²) in [5.74, 6) is 0.844. The minimum absolute atomic E-state index is 0.0193. The maximum atomic E-state index is 12.5. The molecule has 30 heavy (non-hydrogen) atoms. The number of amides is 1. The highest BCUT2D eigenvalue weighted by Gasteiger charge is 2.30. The van der Waals surface area contributed by atoms with Gasteiger partial charge in [0, 0.05) is 6.54 Å². The molecule has 0 spiro atoms. The average molecular weight is 657 g/mol. The Kier molecular flexibility index (Phi) is 7.01. The Morgan fingerprint density at radius 2 is 1.77 bits per heavy atom. The van der Waals surface area contributed by atoms with Crippen LogP contribution in [-0.4, -0.2) is 21.7 Å². The summed E-state index contributed by atoms with van der Waals surface area (Å²) in [6, 6.07) is 18.8. The zero-order valence-electron chi connectivity index (χ0n) is 16.0. The van der Waals surface area contributed by atoms with Crippen LogP contribution in [-0.2, 0) is 11.4 Å². The summed E-state index contributed by atoms with van der Waals surface area (Å²) in [7, 11) is 0. The summed E-state index contributed by atoms with van der Waals surface area (Å²) in [5, 5.41) is 2.44. The summed E-state index contributed by atoms with van der Waals surface area (Å²) in [6.07, 6.45) is 1.91. The molecule has 1 amide bonds. The molecule has 3 aromatic rings. The molecule has 1 fully saturated rings. The van der Waals surface area contributed by atoms with Crippen LogP contribution in [0.25, 0.3) is 16.8 Å². The molecule has 1 aliphatic heterocycles. The molecule has 3 aromatic carbocycles. The van der Waals surface area contributed by atoms with Crippen molar-refractivity contribution in [2.45, 2.75) is 13.5 Å². The highest BCUT2D eigenvalue weighted by atomic mass is 127. The quantitative estimate of drug-likeness (QED) is 0.171. The molecule has 152 valence electrons. The molecule has 1 saturated heterocycles. The maximum Gasteiger partial charge on any atom is 0.266 e. The molecule has 1 heterocycles. The van der Waals surface area contributed by atoms with Crippen molar-refractivity contribution >= 4 is 96.2 Å². The van der Waals surface area contributed by atoms with Gasteiger partial charge in [-0.15, -0.1) is 0 Å². The van der Waals surface area contributed by atoms with Crippen molar-refractivity contribution in [1.82, 2.24) is 4.90 Å². The molecule has 0 bridgehead atoms. The number of halogens is 2. The number of nitrogens with zero attached hydrogens (tertiary/aromatic N) is 1. The van der Waals surface area contributed by atoms with Gasteiger partial charge < -0.3 is 4.74 Å². The fraction of sp³-hybridized carbons (Fsp3) is 0.130. The van der Waals surface area contributed by atoms with E-state index in [0.717, 1.165) is 24.0 Å². The molecule has 0 saturated carbocycles. The molecular formula is C23H17I2NO2S2. The van der Waals surface area contributed by atoms with E-state index in [1.54, 1.807) is 4.90 Å². The number of hydrogen-bond donors (Lipinski definition) is 0. The summed E-state index contributed by atoms with van der Waals surface area (Å²) < 4.78 is 8.81. The van der Waals surface area contributed by atoms with Crippen LogP contribution in [0.2, 0.25) is 0 Å². The number of benzene rings is 3. The number of thioether (sulfide) groups is 1. The van der Waals surface area contributed by atoms with E-state index in [9.17, 15) is 4.79 Å². The lowest BCUT2D eigenvalue weighted by molar-refractivity contribution is -0.121. The summed E-state index contributed by atoms with van der Waals surface area (Å²) in [4.78, 5) is 14.8. The number of rotatable bonds is 5. The van der Waals surface area contributed by atoms with Crippen molar-refractivity contribution in [2.75, 3.05) is 6.54 Å². The van der Waals surface area contributed by atoms with Crippen LogP contribution >= 0.6 is 69.2 Å². The number of carbonyl (C=O) groups is 1. The van der Waals surface area contributed by atoms with Gasteiger partial charge >= 0.3 is 0 Å². The first kappa shape index (κ1) is 22.0. The van der Waals surface area contributed by atoms with E-state index in [2.05, 4.69) is 75.5 Å². The number of likely N-dealkylation sites (N-methyl/N-ethyl adjacent to an activating group) is 1. The van der Waals surface area contributed by atoms with Crippen LogP contribution < -0.4 is 4.74 Å². The second kappa shape index (κ2) is 9.54. The van der Waals surface area contributed by atoms with Crippen LogP contribution in [0, 0.1) is 7.14 Å². The molecule has 0 radical (unpaired) electrons. The molecule has 0 aromatic heterocycles. The fourth-order valence-corrected chi connectivity index (χ4v) is 6.72. The minimum atomic E-state index is -0.0193. The zero-order chi connectivity index (χ0) is 21.3. The summed E-state index contributed by atoms with van der Waals surface area (Å²) >= 11 is 11.2. The largest absolute Gasteiger partial charge is 0.487 e. The third-order valence-electron chi connectivity index (χ3n) is 4.71. The minimum Gasteiger partial charge on any atom is -0.487 e. The van der Waals surface area contributed by atoms with Crippen molar-refractivity contribution in [3.8, 4) is 5.75 Å². The lowest BCUT2D eigenvalue weighted by Crippen LogP contribution is -2.27. The Bertz CT molecular complexity index is 1170. The molecule has 0 N–H and O–H groups in total. The van der Waals surface area contributed by atoms with E-state index in [1.165, 1.54) is 22.5 Å². The average Bonchev–Trinajstić information content (AvgIpc) is 2.99. The van der Waals surface area contributed by atoms with Gasteiger partial charge in [0.15, 0.2) is 0 Å². The van der Waals surface area contributed by atoms with Gasteiger partial charge in [-0.1, -0.05) is 60.4 Å². The Balaban J connectivity index is 1.53. The Morgan fingerprint density at radius 1 is 1.07 bits per heavy atom. The van der Waals surface area contributed by atoms with Crippen LogP contribution in [0.5, 0.6) is 5.75 Å². The van der Waals surface area contributed by atoms with Crippen LogP contribution in [0.15, 0.2) is 59.5 Å². The number of fused-ring (bicyclic) bond motifs is 1. The number of carbonyl (C=O) groups excluding carboxylic acids is 1. The molecule has 7 heteroatoms. The number of ether oxygens (including phenoxy) is 1. The lowest BCUT2D eigenvalue weighted by atomic mass is 10.1. The van der Waals surface area contributed by atoms with E-state index >= 15 is 0 Å². The van der Waals surface area contributed by atoms with E-state index in [0.29, 0.717) is 22.4 Å².